The molecule has 2 unspecified atom stereocenters. The fourth-order valence-corrected chi connectivity index (χ4v) is 6.83. The van der Waals surface area contributed by atoms with E-state index in [2.05, 4.69) is 9.27 Å². The Kier molecular flexibility index (Phi) is 7.92. The highest BCUT2D eigenvalue weighted by Gasteiger charge is 2.44. The van der Waals surface area contributed by atoms with Gasteiger partial charge in [-0.3, -0.25) is 10.3 Å². The lowest BCUT2D eigenvalue weighted by Gasteiger charge is -2.33. The zero-order chi connectivity index (χ0) is 25.2. The average molecular weight is 573 g/mol. The van der Waals surface area contributed by atoms with E-state index in [1.54, 1.807) is 24.4 Å². The number of thiazole rings is 2. The highest BCUT2D eigenvalue weighted by atomic mass is 32.2. The van der Waals surface area contributed by atoms with Gasteiger partial charge in [0.1, 0.15) is 10.7 Å². The molecule has 186 valence electrons. The largest absolute Gasteiger partial charge is 0.312 e. The minimum Gasteiger partial charge on any atom is -0.297 e. The SMILES string of the molecule is Cc1nc(C(N)(OS(=O)O)[C@@H](Cc2ccc(S(=O)(=O)ON)cc2)c2csc(-c3cccs3)n2)cs1. The zero-order valence-electron chi connectivity index (χ0n) is 18.1. The first kappa shape index (κ1) is 26.2. The minimum atomic E-state index is -4.06. The van der Waals surface area contributed by atoms with Crippen LogP contribution in [0, 0.1) is 6.92 Å². The first-order valence-electron chi connectivity index (χ1n) is 9.86. The topological polar surface area (TPSA) is 168 Å². The molecule has 5 N–H and O–H groups in total. The molecule has 0 radical (unpaired) electrons. The number of benzene rings is 1. The summed E-state index contributed by atoms with van der Waals surface area (Å²) in [5.74, 6) is 4.11. The van der Waals surface area contributed by atoms with Gasteiger partial charge in [0, 0.05) is 10.8 Å². The Morgan fingerprint density at radius 2 is 1.89 bits per heavy atom. The number of nitrogens with two attached hydrogens (primary N) is 2. The highest BCUT2D eigenvalue weighted by Crippen LogP contribution is 2.41. The molecule has 0 saturated heterocycles. The van der Waals surface area contributed by atoms with Crippen molar-refractivity contribution in [1.29, 1.82) is 0 Å². The van der Waals surface area contributed by atoms with Crippen LogP contribution in [0.1, 0.15) is 27.9 Å². The lowest BCUT2D eigenvalue weighted by Crippen LogP contribution is -2.47. The molecule has 0 aliphatic heterocycles. The first-order chi connectivity index (χ1) is 16.6. The maximum Gasteiger partial charge on any atom is 0.312 e. The molecule has 0 aliphatic carbocycles. The second kappa shape index (κ2) is 10.6. The van der Waals surface area contributed by atoms with Crippen molar-refractivity contribution in [3.8, 4) is 9.88 Å². The molecule has 3 atom stereocenters. The number of hydrogen-bond donors (Lipinski definition) is 3. The number of thiophene rings is 1. The second-order valence-electron chi connectivity index (χ2n) is 7.35. The summed E-state index contributed by atoms with van der Waals surface area (Å²) in [5.41, 5.74) is 6.40. The van der Waals surface area contributed by atoms with Gasteiger partial charge in [0.25, 0.3) is 0 Å². The highest BCUT2D eigenvalue weighted by molar-refractivity contribution is 7.86. The quantitative estimate of drug-likeness (QED) is 0.145. The zero-order valence-corrected chi connectivity index (χ0v) is 22.1. The van der Waals surface area contributed by atoms with Crippen LogP contribution in [-0.4, -0.2) is 27.1 Å². The Morgan fingerprint density at radius 3 is 2.46 bits per heavy atom. The van der Waals surface area contributed by atoms with Crippen LogP contribution in [0.2, 0.25) is 0 Å². The van der Waals surface area contributed by atoms with E-state index in [4.69, 9.17) is 20.8 Å². The molecule has 35 heavy (non-hydrogen) atoms. The summed E-state index contributed by atoms with van der Waals surface area (Å²) in [6.45, 7) is 1.79. The molecule has 3 aromatic heterocycles. The molecule has 0 bridgehead atoms. The summed E-state index contributed by atoms with van der Waals surface area (Å²) >= 11 is 1.57. The molecule has 1 aromatic carbocycles. The summed E-state index contributed by atoms with van der Waals surface area (Å²) in [6.07, 6.45) is 0.196. The van der Waals surface area contributed by atoms with Crippen molar-refractivity contribution in [2.75, 3.05) is 0 Å². The Bertz CT molecular complexity index is 1420. The predicted molar refractivity (Wildman–Crippen MR) is 135 cm³/mol. The Labute approximate surface area is 216 Å². The lowest BCUT2D eigenvalue weighted by molar-refractivity contribution is 0.0417. The fourth-order valence-electron chi connectivity index (χ4n) is 3.46. The lowest BCUT2D eigenvalue weighted by atomic mass is 9.85. The first-order valence-corrected chi connectivity index (χ1v) is 14.9. The van der Waals surface area contributed by atoms with Gasteiger partial charge in [-0.05, 0) is 42.5 Å². The van der Waals surface area contributed by atoms with Crippen molar-refractivity contribution >= 4 is 55.5 Å². The van der Waals surface area contributed by atoms with Crippen LogP contribution in [0.3, 0.4) is 0 Å². The van der Waals surface area contributed by atoms with Crippen molar-refractivity contribution < 1.29 is 25.6 Å². The van der Waals surface area contributed by atoms with E-state index in [1.807, 2.05) is 22.9 Å². The number of nitrogens with zero attached hydrogens (tertiary/aromatic N) is 2. The number of rotatable bonds is 10. The molecule has 0 fully saturated rings. The Morgan fingerprint density at radius 1 is 1.14 bits per heavy atom. The smallest absolute Gasteiger partial charge is 0.297 e. The summed E-state index contributed by atoms with van der Waals surface area (Å²) in [4.78, 5) is 10.0. The molecule has 0 saturated carbocycles. The van der Waals surface area contributed by atoms with E-state index in [0.29, 0.717) is 16.3 Å². The van der Waals surface area contributed by atoms with Gasteiger partial charge >= 0.3 is 21.5 Å². The third kappa shape index (κ3) is 5.75. The van der Waals surface area contributed by atoms with E-state index < -0.39 is 33.1 Å². The molecular weight excluding hydrogens is 553 g/mol. The molecule has 3 heterocycles. The van der Waals surface area contributed by atoms with Crippen LogP contribution in [0.4, 0.5) is 0 Å². The summed E-state index contributed by atoms with van der Waals surface area (Å²) in [7, 11) is -4.06. The van der Waals surface area contributed by atoms with Crippen LogP contribution in [0.25, 0.3) is 9.88 Å². The molecule has 4 aromatic rings. The van der Waals surface area contributed by atoms with E-state index >= 15 is 0 Å². The van der Waals surface area contributed by atoms with E-state index in [9.17, 15) is 17.2 Å². The molecule has 0 spiro atoms. The van der Waals surface area contributed by atoms with Gasteiger partial charge in [-0.1, -0.05) is 18.2 Å². The van der Waals surface area contributed by atoms with Crippen molar-refractivity contribution in [2.24, 2.45) is 11.6 Å². The maximum absolute atomic E-state index is 11.9. The standard InChI is InChI=1S/C20H20N4O6S5/c1-12-23-18(11-32-12)20(21,29-34(25)26)15(16-10-33-19(24-16)17-3-2-8-31-17)9-13-4-6-14(7-5-13)35(27,28)30-22/h2-8,10-11,15H,9,21-22H2,1H3,(H,25,26)/t15-,20?/m0/s1. The minimum absolute atomic E-state index is 0.115. The summed E-state index contributed by atoms with van der Waals surface area (Å²) in [6, 6.07) is 9.72. The van der Waals surface area contributed by atoms with Crippen molar-refractivity contribution in [1.82, 2.24) is 9.97 Å². The van der Waals surface area contributed by atoms with Crippen LogP contribution < -0.4 is 11.6 Å². The molecule has 15 heteroatoms. The predicted octanol–water partition coefficient (Wildman–Crippen LogP) is 3.51. The van der Waals surface area contributed by atoms with Crippen LogP contribution >= 0.6 is 34.0 Å². The van der Waals surface area contributed by atoms with Gasteiger partial charge in [-0.25, -0.2) is 14.2 Å². The van der Waals surface area contributed by atoms with Gasteiger partial charge < -0.3 is 0 Å². The maximum atomic E-state index is 11.9. The number of aryl methyl sites for hydroxylation is 1. The molecular formula is C20H20N4O6S5. The Balaban J connectivity index is 1.79. The third-order valence-corrected chi connectivity index (χ3v) is 9.33. The van der Waals surface area contributed by atoms with E-state index in [1.165, 1.54) is 46.1 Å². The van der Waals surface area contributed by atoms with Crippen LogP contribution in [0.15, 0.2) is 57.4 Å². The van der Waals surface area contributed by atoms with Crippen LogP contribution in [0.5, 0.6) is 0 Å². The molecule has 10 nitrogen and oxygen atoms in total. The van der Waals surface area contributed by atoms with Gasteiger partial charge in [-0.15, -0.1) is 34.0 Å². The van der Waals surface area contributed by atoms with Gasteiger partial charge in [0.2, 0.25) is 0 Å². The van der Waals surface area contributed by atoms with Gasteiger partial charge in [-0.2, -0.15) is 22.8 Å². The second-order valence-corrected chi connectivity index (χ2v) is 12.4. The van der Waals surface area contributed by atoms with E-state index in [0.717, 1.165) is 9.88 Å². The van der Waals surface area contributed by atoms with E-state index in [-0.39, 0.29) is 17.0 Å². The van der Waals surface area contributed by atoms with Crippen molar-refractivity contribution in [3.63, 3.8) is 0 Å². The van der Waals surface area contributed by atoms with Crippen molar-refractivity contribution in [3.05, 3.63) is 74.5 Å². The molecule has 4 rings (SSSR count). The number of aromatic nitrogens is 2. The monoisotopic (exact) mass is 572 g/mol. The number of hydrogen-bond acceptors (Lipinski definition) is 12. The normalized spacial score (nSPS) is 15.5. The van der Waals surface area contributed by atoms with Crippen LogP contribution in [-0.2, 0) is 42.1 Å². The molecule has 0 amide bonds. The Hall–Kier alpha value is -1.92. The summed E-state index contributed by atoms with van der Waals surface area (Å²) in [5, 5.41) is 6.91. The third-order valence-electron chi connectivity index (χ3n) is 5.14. The fraction of sp³-hybridized carbons (Fsp3) is 0.200. The van der Waals surface area contributed by atoms with Gasteiger partial charge in [0.15, 0.2) is 5.72 Å². The van der Waals surface area contributed by atoms with Gasteiger partial charge in [0.05, 0.1) is 26.4 Å². The van der Waals surface area contributed by atoms with Crippen molar-refractivity contribution in [2.45, 2.75) is 29.9 Å². The molecule has 0 aliphatic rings. The summed E-state index contributed by atoms with van der Waals surface area (Å²) < 4.78 is 54.7. The average Bonchev–Trinajstić information content (AvgIpc) is 3.58.